The van der Waals surface area contributed by atoms with Crippen molar-refractivity contribution >= 4 is 23.7 Å². The second kappa shape index (κ2) is 12.0. The van der Waals surface area contributed by atoms with Gasteiger partial charge in [-0.05, 0) is 59.6 Å². The average Bonchev–Trinajstić information content (AvgIpc) is 2.95. The van der Waals surface area contributed by atoms with Crippen LogP contribution in [0.15, 0.2) is 48.5 Å². The van der Waals surface area contributed by atoms with E-state index < -0.39 is 12.0 Å². The number of ether oxygens (including phenoxy) is 1. The van der Waals surface area contributed by atoms with Crippen LogP contribution in [0.4, 0.5) is 15.3 Å². The van der Waals surface area contributed by atoms with Crippen molar-refractivity contribution in [3.8, 4) is 0 Å². The van der Waals surface area contributed by atoms with Gasteiger partial charge >= 0.3 is 12.1 Å². The van der Waals surface area contributed by atoms with Gasteiger partial charge in [-0.25, -0.2) is 15.1 Å². The minimum absolute atomic E-state index is 0.113. The number of anilines is 1. The Balaban J connectivity index is 1.62. The summed E-state index contributed by atoms with van der Waals surface area (Å²) in [5.74, 6) is -0.431. The zero-order chi connectivity index (χ0) is 28.2. The topological polar surface area (TPSA) is 123 Å². The second-order valence-corrected chi connectivity index (χ2v) is 11.3. The molecule has 10 heteroatoms. The minimum atomic E-state index is -0.883. The van der Waals surface area contributed by atoms with Crippen molar-refractivity contribution in [2.45, 2.75) is 52.1 Å². The lowest BCUT2D eigenvalue weighted by atomic mass is 9.75. The molecule has 2 saturated heterocycles. The lowest BCUT2D eigenvalue weighted by Gasteiger charge is -2.45. The van der Waals surface area contributed by atoms with Crippen LogP contribution in [0.2, 0.25) is 0 Å². The number of piperidine rings is 1. The van der Waals surface area contributed by atoms with Crippen LogP contribution in [0.25, 0.3) is 0 Å². The Morgan fingerprint density at radius 3 is 2.36 bits per heavy atom. The standard InChI is InChI=1S/C29H38N4O6/c1-29(2,3)25-18-23(11-12-32(25)28(36)37)22-5-4-6-24(17-22)33(27(35)31-13-15-39-16-14-31)19-20-7-9-21(10-8-20)26(34)30-38/h4-10,17,23,25,38H,11-16,18-19H2,1-3H3,(H,30,34)(H,36,37). The fraction of sp³-hybridized carbons (Fsp3) is 0.483. The Labute approximate surface area is 229 Å². The minimum Gasteiger partial charge on any atom is -0.465 e. The first-order valence-electron chi connectivity index (χ1n) is 13.4. The molecule has 2 aromatic rings. The molecule has 0 aromatic heterocycles. The number of benzene rings is 2. The molecule has 0 aliphatic carbocycles. The Hall–Kier alpha value is -3.63. The lowest BCUT2D eigenvalue weighted by Crippen LogP contribution is -2.51. The van der Waals surface area contributed by atoms with Gasteiger partial charge in [-0.15, -0.1) is 0 Å². The number of morpholine rings is 1. The number of carbonyl (C=O) groups excluding carboxylic acids is 2. The first kappa shape index (κ1) is 28.4. The van der Waals surface area contributed by atoms with E-state index in [4.69, 9.17) is 9.94 Å². The largest absolute Gasteiger partial charge is 0.465 e. The number of hydrogen-bond donors (Lipinski definition) is 3. The van der Waals surface area contributed by atoms with E-state index >= 15 is 0 Å². The third-order valence-electron chi connectivity index (χ3n) is 7.67. The molecule has 4 amide bonds. The number of urea groups is 1. The number of hydroxylamine groups is 1. The molecule has 4 rings (SSSR count). The molecular formula is C29H38N4O6. The van der Waals surface area contributed by atoms with Gasteiger partial charge in [-0.2, -0.15) is 0 Å². The van der Waals surface area contributed by atoms with E-state index in [1.54, 1.807) is 44.4 Å². The average molecular weight is 539 g/mol. The quantitative estimate of drug-likeness (QED) is 0.380. The predicted molar refractivity (Wildman–Crippen MR) is 146 cm³/mol. The van der Waals surface area contributed by atoms with Crippen LogP contribution in [-0.2, 0) is 11.3 Å². The molecule has 2 fully saturated rings. The number of nitrogens with zero attached hydrogens (tertiary/aromatic N) is 3. The SMILES string of the molecule is CC(C)(C)C1CC(c2cccc(N(Cc3ccc(C(=O)NO)cc3)C(=O)N3CCOCC3)c2)CCN1C(=O)O. The van der Waals surface area contributed by atoms with E-state index in [9.17, 15) is 19.5 Å². The van der Waals surface area contributed by atoms with Crippen LogP contribution in [0.3, 0.4) is 0 Å². The van der Waals surface area contributed by atoms with Crippen molar-refractivity contribution in [2.24, 2.45) is 5.41 Å². The highest BCUT2D eigenvalue weighted by molar-refractivity contribution is 5.94. The van der Waals surface area contributed by atoms with Crippen LogP contribution in [0.5, 0.6) is 0 Å². The number of carbonyl (C=O) groups is 3. The summed E-state index contributed by atoms with van der Waals surface area (Å²) in [4.78, 5) is 42.5. The molecule has 0 spiro atoms. The Bertz CT molecular complexity index is 1170. The molecule has 0 saturated carbocycles. The van der Waals surface area contributed by atoms with Gasteiger partial charge in [0.05, 0.1) is 19.8 Å². The maximum atomic E-state index is 13.7. The maximum absolute atomic E-state index is 13.7. The van der Waals surface area contributed by atoms with E-state index in [-0.39, 0.29) is 23.4 Å². The molecule has 2 aliphatic rings. The summed E-state index contributed by atoms with van der Waals surface area (Å²) in [5, 5.41) is 18.7. The number of nitrogens with one attached hydrogen (secondary N) is 1. The summed E-state index contributed by atoms with van der Waals surface area (Å²) in [6.07, 6.45) is 0.547. The highest BCUT2D eigenvalue weighted by Gasteiger charge is 2.39. The predicted octanol–water partition coefficient (Wildman–Crippen LogP) is 4.54. The van der Waals surface area contributed by atoms with Gasteiger partial charge in [-0.1, -0.05) is 45.0 Å². The second-order valence-electron chi connectivity index (χ2n) is 11.3. The molecule has 0 radical (unpaired) electrons. The van der Waals surface area contributed by atoms with E-state index in [1.165, 1.54) is 0 Å². The monoisotopic (exact) mass is 538 g/mol. The molecule has 2 aliphatic heterocycles. The van der Waals surface area contributed by atoms with E-state index in [0.717, 1.165) is 16.8 Å². The van der Waals surface area contributed by atoms with Crippen molar-refractivity contribution in [1.82, 2.24) is 15.3 Å². The maximum Gasteiger partial charge on any atom is 0.407 e. The summed E-state index contributed by atoms with van der Waals surface area (Å²) in [6, 6.07) is 14.5. The first-order valence-corrected chi connectivity index (χ1v) is 13.4. The Morgan fingerprint density at radius 2 is 1.74 bits per heavy atom. The van der Waals surface area contributed by atoms with Gasteiger partial charge < -0.3 is 19.6 Å². The van der Waals surface area contributed by atoms with Crippen LogP contribution in [-0.4, -0.2) is 77.0 Å². The fourth-order valence-corrected chi connectivity index (χ4v) is 5.47. The highest BCUT2D eigenvalue weighted by Crippen LogP contribution is 2.40. The van der Waals surface area contributed by atoms with Crippen LogP contribution < -0.4 is 10.4 Å². The number of rotatable bonds is 5. The molecule has 3 N–H and O–H groups in total. The van der Waals surface area contributed by atoms with Crippen molar-refractivity contribution in [1.29, 1.82) is 0 Å². The molecule has 0 bridgehead atoms. The third kappa shape index (κ3) is 6.69. The molecule has 39 heavy (non-hydrogen) atoms. The van der Waals surface area contributed by atoms with Crippen molar-refractivity contribution in [3.05, 3.63) is 65.2 Å². The van der Waals surface area contributed by atoms with Gasteiger partial charge in [0.25, 0.3) is 5.91 Å². The smallest absolute Gasteiger partial charge is 0.407 e. The zero-order valence-electron chi connectivity index (χ0n) is 22.8. The third-order valence-corrected chi connectivity index (χ3v) is 7.67. The van der Waals surface area contributed by atoms with Crippen LogP contribution in [0, 0.1) is 5.41 Å². The number of amides is 4. The van der Waals surface area contributed by atoms with E-state index in [0.29, 0.717) is 57.8 Å². The van der Waals surface area contributed by atoms with Crippen molar-refractivity contribution in [3.63, 3.8) is 0 Å². The zero-order valence-corrected chi connectivity index (χ0v) is 22.8. The summed E-state index contributed by atoms with van der Waals surface area (Å²) >= 11 is 0. The lowest BCUT2D eigenvalue weighted by molar-refractivity contribution is 0.0525. The van der Waals surface area contributed by atoms with Gasteiger partial charge in [0.15, 0.2) is 0 Å². The van der Waals surface area contributed by atoms with Gasteiger partial charge in [-0.3, -0.25) is 14.9 Å². The number of carboxylic acid groups (broad SMARTS) is 1. The van der Waals surface area contributed by atoms with Gasteiger partial charge in [0, 0.05) is 36.9 Å². The highest BCUT2D eigenvalue weighted by atomic mass is 16.5. The molecular weight excluding hydrogens is 500 g/mol. The van der Waals surface area contributed by atoms with Crippen LogP contribution >= 0.6 is 0 Å². The van der Waals surface area contributed by atoms with Crippen molar-refractivity contribution in [2.75, 3.05) is 37.7 Å². The fourth-order valence-electron chi connectivity index (χ4n) is 5.47. The molecule has 2 aromatic carbocycles. The summed E-state index contributed by atoms with van der Waals surface area (Å²) in [5.41, 5.74) is 4.42. The Morgan fingerprint density at radius 1 is 1.05 bits per heavy atom. The number of hydrogen-bond acceptors (Lipinski definition) is 5. The first-order chi connectivity index (χ1) is 18.6. The normalized spacial score (nSPS) is 19.9. The number of likely N-dealkylation sites (tertiary alicyclic amines) is 1. The molecule has 210 valence electrons. The van der Waals surface area contributed by atoms with Crippen molar-refractivity contribution < 1.29 is 29.4 Å². The van der Waals surface area contributed by atoms with E-state index in [2.05, 4.69) is 26.8 Å². The molecule has 10 nitrogen and oxygen atoms in total. The Kier molecular flexibility index (Phi) is 8.76. The summed E-state index contributed by atoms with van der Waals surface area (Å²) in [7, 11) is 0. The summed E-state index contributed by atoms with van der Waals surface area (Å²) in [6.45, 7) is 8.97. The molecule has 2 atom stereocenters. The molecule has 2 unspecified atom stereocenters. The van der Waals surface area contributed by atoms with Gasteiger partial charge in [0.1, 0.15) is 0 Å². The summed E-state index contributed by atoms with van der Waals surface area (Å²) < 4.78 is 5.44. The van der Waals surface area contributed by atoms with Crippen LogP contribution in [0.1, 0.15) is 61.0 Å². The molecule has 2 heterocycles. The van der Waals surface area contributed by atoms with Gasteiger partial charge in [0.2, 0.25) is 0 Å². The van der Waals surface area contributed by atoms with E-state index in [1.807, 2.05) is 18.2 Å².